The molecule has 3 rings (SSSR count). The zero-order valence-corrected chi connectivity index (χ0v) is 15.0. The van der Waals surface area contributed by atoms with Crippen LogP contribution in [0.2, 0.25) is 0 Å². The van der Waals surface area contributed by atoms with E-state index in [1.54, 1.807) is 12.5 Å². The smallest absolute Gasteiger partial charge is 0.237 e. The molecule has 0 bridgehead atoms. The number of anilines is 1. The number of carbonyl (C=O) groups is 1. The lowest BCUT2D eigenvalue weighted by Crippen LogP contribution is -2.42. The van der Waals surface area contributed by atoms with Crippen molar-refractivity contribution < 1.29 is 4.79 Å². The van der Waals surface area contributed by atoms with Crippen molar-refractivity contribution in [1.82, 2.24) is 24.8 Å². The molecule has 1 aliphatic heterocycles. The highest BCUT2D eigenvalue weighted by molar-refractivity contribution is 5.78. The van der Waals surface area contributed by atoms with E-state index in [1.807, 2.05) is 54.0 Å². The minimum atomic E-state index is 0.120. The van der Waals surface area contributed by atoms with E-state index in [1.165, 1.54) is 0 Å². The average molecular weight is 340 g/mol. The summed E-state index contributed by atoms with van der Waals surface area (Å²) in [4.78, 5) is 31.6. The quantitative estimate of drug-likeness (QED) is 0.808. The molecular weight excluding hydrogens is 316 g/mol. The fraction of sp³-hybridized carbons (Fsp3) is 0.444. The molecule has 3 heterocycles. The lowest BCUT2D eigenvalue weighted by Gasteiger charge is -2.31. The van der Waals surface area contributed by atoms with Crippen molar-refractivity contribution >= 4 is 11.7 Å². The van der Waals surface area contributed by atoms with Gasteiger partial charge in [-0.1, -0.05) is 6.07 Å². The van der Waals surface area contributed by atoms with Crippen LogP contribution in [0.4, 0.5) is 5.82 Å². The number of likely N-dealkylation sites (N-methyl/N-ethyl adjacent to an activating group) is 1. The molecule has 0 saturated heterocycles. The standard InChI is InChI=1S/C18H24N6O/c1-22(2)18-15-7-9-24(11-16(15)20-13-21-18)17(25)12-23(3)10-14-6-4-5-8-19-14/h4-6,8,13H,7,9-12H2,1-3H3. The van der Waals surface area contributed by atoms with Gasteiger partial charge in [-0.3, -0.25) is 14.7 Å². The molecule has 0 unspecified atom stereocenters. The van der Waals surface area contributed by atoms with E-state index in [4.69, 9.17) is 0 Å². The Balaban J connectivity index is 1.62. The fourth-order valence-corrected chi connectivity index (χ4v) is 3.09. The number of nitrogens with zero attached hydrogens (tertiary/aromatic N) is 6. The van der Waals surface area contributed by atoms with Gasteiger partial charge in [0.25, 0.3) is 0 Å². The summed E-state index contributed by atoms with van der Waals surface area (Å²) in [5.41, 5.74) is 3.06. The second-order valence-corrected chi connectivity index (χ2v) is 6.58. The van der Waals surface area contributed by atoms with Gasteiger partial charge in [-0.15, -0.1) is 0 Å². The van der Waals surface area contributed by atoms with Crippen LogP contribution in [0.3, 0.4) is 0 Å². The molecule has 0 spiro atoms. The second-order valence-electron chi connectivity index (χ2n) is 6.58. The third-order valence-electron chi connectivity index (χ3n) is 4.32. The van der Waals surface area contributed by atoms with Gasteiger partial charge in [-0.25, -0.2) is 9.97 Å². The molecule has 2 aromatic heterocycles. The maximum absolute atomic E-state index is 12.6. The minimum Gasteiger partial charge on any atom is -0.362 e. The fourth-order valence-electron chi connectivity index (χ4n) is 3.09. The van der Waals surface area contributed by atoms with Gasteiger partial charge in [0.2, 0.25) is 5.91 Å². The van der Waals surface area contributed by atoms with E-state index in [0.717, 1.165) is 29.2 Å². The molecule has 0 N–H and O–H groups in total. The van der Waals surface area contributed by atoms with Crippen LogP contribution < -0.4 is 4.90 Å². The lowest BCUT2D eigenvalue weighted by molar-refractivity contribution is -0.133. The number of carbonyl (C=O) groups excluding carboxylic acids is 1. The maximum atomic E-state index is 12.6. The molecule has 0 aromatic carbocycles. The van der Waals surface area contributed by atoms with Gasteiger partial charge in [0, 0.05) is 38.9 Å². The molecular formula is C18H24N6O. The van der Waals surface area contributed by atoms with Crippen molar-refractivity contribution in [2.24, 2.45) is 0 Å². The van der Waals surface area contributed by atoms with E-state index in [2.05, 4.69) is 15.0 Å². The van der Waals surface area contributed by atoms with Crippen molar-refractivity contribution in [2.45, 2.75) is 19.5 Å². The van der Waals surface area contributed by atoms with Gasteiger partial charge in [-0.05, 0) is 25.6 Å². The van der Waals surface area contributed by atoms with Gasteiger partial charge in [0.15, 0.2) is 0 Å². The van der Waals surface area contributed by atoms with Crippen LogP contribution in [-0.2, 0) is 24.3 Å². The first-order valence-corrected chi connectivity index (χ1v) is 8.41. The molecule has 2 aromatic rings. The van der Waals surface area contributed by atoms with E-state index in [9.17, 15) is 4.79 Å². The van der Waals surface area contributed by atoms with Crippen LogP contribution in [0.25, 0.3) is 0 Å². The zero-order valence-electron chi connectivity index (χ0n) is 15.0. The van der Waals surface area contributed by atoms with Gasteiger partial charge < -0.3 is 9.80 Å². The number of pyridine rings is 1. The van der Waals surface area contributed by atoms with Crippen molar-refractivity contribution in [3.8, 4) is 0 Å². The summed E-state index contributed by atoms with van der Waals surface area (Å²) < 4.78 is 0. The molecule has 0 aliphatic carbocycles. The highest BCUT2D eigenvalue weighted by Gasteiger charge is 2.25. The van der Waals surface area contributed by atoms with E-state index >= 15 is 0 Å². The second kappa shape index (κ2) is 7.57. The first-order valence-electron chi connectivity index (χ1n) is 8.41. The van der Waals surface area contributed by atoms with Crippen LogP contribution in [-0.4, -0.2) is 64.9 Å². The predicted octanol–water partition coefficient (Wildman–Crippen LogP) is 0.954. The van der Waals surface area contributed by atoms with E-state index < -0.39 is 0 Å². The Hall–Kier alpha value is -2.54. The topological polar surface area (TPSA) is 65.5 Å². The summed E-state index contributed by atoms with van der Waals surface area (Å²) in [6.07, 6.45) is 4.14. The Morgan fingerprint density at radius 3 is 2.76 bits per heavy atom. The number of hydrogen-bond donors (Lipinski definition) is 0. The normalized spacial score (nSPS) is 13.7. The average Bonchev–Trinajstić information content (AvgIpc) is 2.61. The first kappa shape index (κ1) is 17.3. The Morgan fingerprint density at radius 2 is 2.04 bits per heavy atom. The highest BCUT2D eigenvalue weighted by atomic mass is 16.2. The number of fused-ring (bicyclic) bond motifs is 1. The zero-order chi connectivity index (χ0) is 17.8. The maximum Gasteiger partial charge on any atom is 0.237 e. The molecule has 0 radical (unpaired) electrons. The molecule has 132 valence electrons. The third kappa shape index (κ3) is 4.11. The third-order valence-corrected chi connectivity index (χ3v) is 4.32. The van der Waals surface area contributed by atoms with Gasteiger partial charge >= 0.3 is 0 Å². The predicted molar refractivity (Wildman–Crippen MR) is 96.1 cm³/mol. The molecule has 0 atom stereocenters. The van der Waals surface area contributed by atoms with Crippen molar-refractivity contribution in [3.63, 3.8) is 0 Å². The van der Waals surface area contributed by atoms with Crippen LogP contribution >= 0.6 is 0 Å². The SMILES string of the molecule is CN(CC(=O)N1CCc2c(ncnc2N(C)C)C1)Cc1ccccn1. The van der Waals surface area contributed by atoms with Crippen LogP contribution in [0.5, 0.6) is 0 Å². The lowest BCUT2D eigenvalue weighted by atomic mass is 10.1. The summed E-state index contributed by atoms with van der Waals surface area (Å²) >= 11 is 0. The number of hydrogen-bond acceptors (Lipinski definition) is 6. The number of rotatable bonds is 5. The van der Waals surface area contributed by atoms with Crippen molar-refractivity contribution in [2.75, 3.05) is 39.1 Å². The van der Waals surface area contributed by atoms with Crippen LogP contribution in [0.15, 0.2) is 30.7 Å². The molecule has 0 fully saturated rings. The van der Waals surface area contributed by atoms with Gasteiger partial charge in [0.1, 0.15) is 12.1 Å². The van der Waals surface area contributed by atoms with E-state index in [-0.39, 0.29) is 5.91 Å². The monoisotopic (exact) mass is 340 g/mol. The van der Waals surface area contributed by atoms with Crippen LogP contribution in [0.1, 0.15) is 17.0 Å². The summed E-state index contributed by atoms with van der Waals surface area (Å²) in [7, 11) is 5.90. The summed E-state index contributed by atoms with van der Waals surface area (Å²) in [5.74, 6) is 1.07. The largest absolute Gasteiger partial charge is 0.362 e. The number of aromatic nitrogens is 3. The molecule has 1 amide bonds. The molecule has 0 saturated carbocycles. The molecule has 7 heteroatoms. The van der Waals surface area contributed by atoms with E-state index in [0.29, 0.717) is 26.2 Å². The highest BCUT2D eigenvalue weighted by Crippen LogP contribution is 2.24. The van der Waals surface area contributed by atoms with Gasteiger partial charge in [0.05, 0.1) is 24.5 Å². The summed E-state index contributed by atoms with van der Waals surface area (Å²) in [6, 6.07) is 5.82. The summed E-state index contributed by atoms with van der Waals surface area (Å²) in [6.45, 7) is 2.29. The Morgan fingerprint density at radius 1 is 1.20 bits per heavy atom. The molecule has 7 nitrogen and oxygen atoms in total. The Bertz CT molecular complexity index is 734. The first-order chi connectivity index (χ1) is 12.0. The minimum absolute atomic E-state index is 0.120. The van der Waals surface area contributed by atoms with Crippen molar-refractivity contribution in [3.05, 3.63) is 47.7 Å². The Labute approximate surface area is 148 Å². The Kier molecular flexibility index (Phi) is 5.23. The summed E-state index contributed by atoms with van der Waals surface area (Å²) in [5, 5.41) is 0. The van der Waals surface area contributed by atoms with Crippen molar-refractivity contribution in [1.29, 1.82) is 0 Å². The molecule has 1 aliphatic rings. The van der Waals surface area contributed by atoms with Gasteiger partial charge in [-0.2, -0.15) is 0 Å². The number of amides is 1. The molecule has 25 heavy (non-hydrogen) atoms. The van der Waals surface area contributed by atoms with Crippen LogP contribution in [0, 0.1) is 0 Å².